The van der Waals surface area contributed by atoms with Crippen molar-refractivity contribution >= 4 is 34.2 Å². The van der Waals surface area contributed by atoms with E-state index in [0.29, 0.717) is 42.4 Å². The molecule has 3 heterocycles. The van der Waals surface area contributed by atoms with Gasteiger partial charge in [-0.25, -0.2) is 4.98 Å². The van der Waals surface area contributed by atoms with Crippen LogP contribution in [0.5, 0.6) is 5.75 Å². The van der Waals surface area contributed by atoms with Crippen molar-refractivity contribution in [1.82, 2.24) is 15.2 Å². The topological polar surface area (TPSA) is 101 Å². The molecule has 0 unspecified atom stereocenters. The minimum absolute atomic E-state index is 0.0772. The first-order chi connectivity index (χ1) is 13.5. The first-order valence-corrected chi connectivity index (χ1v) is 10.0. The summed E-state index contributed by atoms with van der Waals surface area (Å²) in [6, 6.07) is 7.15. The number of carbonyl (C=O) groups is 3. The number of fused-ring (bicyclic) bond motifs is 1. The highest BCUT2D eigenvalue weighted by atomic mass is 32.1. The van der Waals surface area contributed by atoms with Gasteiger partial charge in [0.05, 0.1) is 5.56 Å². The van der Waals surface area contributed by atoms with Crippen molar-refractivity contribution in [1.29, 1.82) is 0 Å². The molecule has 2 aliphatic rings. The molecule has 1 saturated heterocycles. The molecule has 1 spiro atoms. The van der Waals surface area contributed by atoms with Crippen LogP contribution in [0, 0.1) is 0 Å². The first-order valence-electron chi connectivity index (χ1n) is 9.12. The van der Waals surface area contributed by atoms with E-state index < -0.39 is 5.72 Å². The number of hydrogen-bond acceptors (Lipinski definition) is 6. The minimum Gasteiger partial charge on any atom is -0.467 e. The highest BCUT2D eigenvalue weighted by Gasteiger charge is 2.43. The number of likely N-dealkylation sites (tertiary alicyclic amines) is 1. The fourth-order valence-corrected chi connectivity index (χ4v) is 3.99. The maximum Gasteiger partial charge on any atom is 0.258 e. The zero-order valence-corrected chi connectivity index (χ0v) is 16.0. The van der Waals surface area contributed by atoms with E-state index in [2.05, 4.69) is 15.6 Å². The van der Waals surface area contributed by atoms with Crippen molar-refractivity contribution in [3.05, 3.63) is 41.4 Å². The molecule has 1 fully saturated rings. The zero-order valence-electron chi connectivity index (χ0n) is 15.1. The summed E-state index contributed by atoms with van der Waals surface area (Å²) in [5.74, 6) is 0.119. The van der Waals surface area contributed by atoms with Crippen LogP contribution >= 0.6 is 11.3 Å². The molecule has 3 amide bonds. The Kier molecular flexibility index (Phi) is 4.99. The second kappa shape index (κ2) is 7.59. The van der Waals surface area contributed by atoms with E-state index in [1.54, 1.807) is 34.7 Å². The second-order valence-electron chi connectivity index (χ2n) is 6.81. The van der Waals surface area contributed by atoms with Gasteiger partial charge in [-0.15, -0.1) is 11.3 Å². The molecule has 0 atom stereocenters. The van der Waals surface area contributed by atoms with Gasteiger partial charge in [0.2, 0.25) is 11.8 Å². The predicted molar refractivity (Wildman–Crippen MR) is 103 cm³/mol. The molecule has 8 nitrogen and oxygen atoms in total. The summed E-state index contributed by atoms with van der Waals surface area (Å²) in [5.41, 5.74) is -0.248. The van der Waals surface area contributed by atoms with Crippen molar-refractivity contribution in [2.75, 3.05) is 18.4 Å². The number of ether oxygens (including phenoxy) is 1. The average molecular weight is 400 g/mol. The molecule has 2 aliphatic heterocycles. The van der Waals surface area contributed by atoms with Gasteiger partial charge in [0.1, 0.15) is 5.75 Å². The number of carbonyl (C=O) groups excluding carboxylic acids is 3. The van der Waals surface area contributed by atoms with E-state index in [-0.39, 0.29) is 30.6 Å². The lowest BCUT2D eigenvalue weighted by atomic mass is 9.96. The summed E-state index contributed by atoms with van der Waals surface area (Å²) in [6.07, 6.45) is 2.87. The van der Waals surface area contributed by atoms with Crippen LogP contribution in [0.25, 0.3) is 0 Å². The largest absolute Gasteiger partial charge is 0.467 e. The summed E-state index contributed by atoms with van der Waals surface area (Å²) < 4.78 is 6.08. The molecule has 1 aromatic carbocycles. The Bertz CT molecular complexity index is 891. The number of para-hydroxylation sites is 1. The van der Waals surface area contributed by atoms with Crippen molar-refractivity contribution in [3.8, 4) is 5.75 Å². The van der Waals surface area contributed by atoms with Crippen LogP contribution in [0.1, 0.15) is 36.0 Å². The molecular formula is C19H20N4O4S. The predicted octanol–water partition coefficient (Wildman–Crippen LogP) is 2.00. The van der Waals surface area contributed by atoms with Gasteiger partial charge in [0.15, 0.2) is 10.9 Å². The summed E-state index contributed by atoms with van der Waals surface area (Å²) in [6.45, 7) is 0.935. The van der Waals surface area contributed by atoms with Gasteiger partial charge >= 0.3 is 0 Å². The van der Waals surface area contributed by atoms with E-state index in [9.17, 15) is 14.4 Å². The quantitative estimate of drug-likeness (QED) is 0.818. The molecule has 0 aliphatic carbocycles. The van der Waals surface area contributed by atoms with Crippen LogP contribution in [0.3, 0.4) is 0 Å². The van der Waals surface area contributed by atoms with Crippen LogP contribution in [-0.2, 0) is 9.59 Å². The third-order valence-electron chi connectivity index (χ3n) is 4.95. The third-order valence-corrected chi connectivity index (χ3v) is 5.64. The van der Waals surface area contributed by atoms with E-state index in [1.165, 1.54) is 11.3 Å². The number of piperidine rings is 1. The summed E-state index contributed by atoms with van der Waals surface area (Å²) >= 11 is 1.33. The van der Waals surface area contributed by atoms with Crippen molar-refractivity contribution < 1.29 is 19.1 Å². The maximum atomic E-state index is 12.4. The number of benzene rings is 1. The number of amides is 3. The highest BCUT2D eigenvalue weighted by molar-refractivity contribution is 7.13. The Hall–Kier alpha value is -2.94. The Labute approximate surface area is 165 Å². The highest BCUT2D eigenvalue weighted by Crippen LogP contribution is 2.33. The number of anilines is 1. The first kappa shape index (κ1) is 18.4. The standard InChI is InChI=1S/C19H20N4O4S/c24-15(21-18-20-9-12-28-18)5-6-16(25)23-10-7-19(8-11-23)22-17(26)13-3-1-2-4-14(13)27-19/h1-4,9,12H,5-8,10-11H2,(H,22,26)(H,20,21,24). The molecule has 4 rings (SSSR count). The molecule has 2 aromatic rings. The van der Waals surface area contributed by atoms with Crippen LogP contribution in [0.2, 0.25) is 0 Å². The molecule has 0 radical (unpaired) electrons. The number of rotatable bonds is 4. The van der Waals surface area contributed by atoms with E-state index >= 15 is 0 Å². The fraction of sp³-hybridized carbons (Fsp3) is 0.368. The minimum atomic E-state index is -0.773. The number of nitrogens with zero attached hydrogens (tertiary/aromatic N) is 2. The smallest absolute Gasteiger partial charge is 0.258 e. The van der Waals surface area contributed by atoms with Gasteiger partial charge in [0.25, 0.3) is 5.91 Å². The van der Waals surface area contributed by atoms with Crippen molar-refractivity contribution in [2.45, 2.75) is 31.4 Å². The molecule has 1 aromatic heterocycles. The molecule has 2 N–H and O–H groups in total. The second-order valence-corrected chi connectivity index (χ2v) is 7.71. The van der Waals surface area contributed by atoms with Gasteiger partial charge in [-0.05, 0) is 12.1 Å². The number of aromatic nitrogens is 1. The Morgan fingerprint density at radius 3 is 2.79 bits per heavy atom. The Morgan fingerprint density at radius 2 is 2.04 bits per heavy atom. The summed E-state index contributed by atoms with van der Waals surface area (Å²) in [5, 5.41) is 7.93. The van der Waals surface area contributed by atoms with Gasteiger partial charge < -0.3 is 20.3 Å². The number of nitrogens with one attached hydrogen (secondary N) is 2. The van der Waals surface area contributed by atoms with E-state index in [1.807, 2.05) is 6.07 Å². The number of thiazole rings is 1. The molecule has 9 heteroatoms. The Balaban J connectivity index is 1.29. The van der Waals surface area contributed by atoms with Crippen LogP contribution in [-0.4, -0.2) is 46.4 Å². The van der Waals surface area contributed by atoms with Crippen molar-refractivity contribution in [2.24, 2.45) is 0 Å². The summed E-state index contributed by atoms with van der Waals surface area (Å²) in [7, 11) is 0. The number of hydrogen-bond donors (Lipinski definition) is 2. The maximum absolute atomic E-state index is 12.4. The average Bonchev–Trinajstić information content (AvgIpc) is 3.20. The molecule has 0 bridgehead atoms. The van der Waals surface area contributed by atoms with Gasteiger partial charge in [-0.3, -0.25) is 14.4 Å². The third kappa shape index (κ3) is 3.84. The van der Waals surface area contributed by atoms with Gasteiger partial charge in [-0.2, -0.15) is 0 Å². The van der Waals surface area contributed by atoms with Crippen LogP contribution in [0.15, 0.2) is 35.8 Å². The lowest BCUT2D eigenvalue weighted by Gasteiger charge is -2.44. The molecule has 146 valence electrons. The zero-order chi connectivity index (χ0) is 19.6. The molecular weight excluding hydrogens is 380 g/mol. The normalized spacial score (nSPS) is 17.4. The van der Waals surface area contributed by atoms with E-state index in [4.69, 9.17) is 4.74 Å². The molecule has 0 saturated carbocycles. The van der Waals surface area contributed by atoms with Gasteiger partial charge in [0, 0.05) is 50.3 Å². The van der Waals surface area contributed by atoms with Gasteiger partial charge in [-0.1, -0.05) is 12.1 Å². The Morgan fingerprint density at radius 1 is 1.25 bits per heavy atom. The molecule has 28 heavy (non-hydrogen) atoms. The SMILES string of the molecule is O=C(CCC(=O)N1CCC2(CC1)NC(=O)c1ccccc1O2)Nc1nccs1. The van der Waals surface area contributed by atoms with E-state index in [0.717, 1.165) is 0 Å². The summed E-state index contributed by atoms with van der Waals surface area (Å²) in [4.78, 5) is 42.4. The van der Waals surface area contributed by atoms with Crippen molar-refractivity contribution in [3.63, 3.8) is 0 Å². The lowest BCUT2D eigenvalue weighted by Crippen LogP contribution is -2.61. The lowest BCUT2D eigenvalue weighted by molar-refractivity contribution is -0.136. The van der Waals surface area contributed by atoms with Crippen LogP contribution < -0.4 is 15.4 Å². The fourth-order valence-electron chi connectivity index (χ4n) is 3.44. The monoisotopic (exact) mass is 400 g/mol. The van der Waals surface area contributed by atoms with Crippen LogP contribution in [0.4, 0.5) is 5.13 Å².